The average Bonchev–Trinajstić information content (AvgIpc) is 2.87. The van der Waals surface area contributed by atoms with E-state index in [1.807, 2.05) is 6.08 Å². The van der Waals surface area contributed by atoms with Gasteiger partial charge in [-0.15, -0.1) is 0 Å². The normalized spacial score (nSPS) is 14.7. The zero-order chi connectivity index (χ0) is 24.9. The summed E-state index contributed by atoms with van der Waals surface area (Å²) in [6.07, 6.45) is 2.49. The number of nitrogens with zero attached hydrogens (tertiary/aromatic N) is 1. The Morgan fingerprint density at radius 1 is 0.941 bits per heavy atom. The van der Waals surface area contributed by atoms with Crippen LogP contribution < -0.4 is 23.7 Å². The highest BCUT2D eigenvalue weighted by Crippen LogP contribution is 2.40. The van der Waals surface area contributed by atoms with Crippen molar-refractivity contribution in [2.75, 3.05) is 41.5 Å². The van der Waals surface area contributed by atoms with Crippen LogP contribution in [0, 0.1) is 0 Å². The highest BCUT2D eigenvalue weighted by atomic mass is 32.2. The minimum absolute atomic E-state index is 0.0625. The van der Waals surface area contributed by atoms with Gasteiger partial charge in [0.1, 0.15) is 23.0 Å². The summed E-state index contributed by atoms with van der Waals surface area (Å²) in [6.45, 7) is 2.30. The third-order valence-corrected chi connectivity index (χ3v) is 7.19. The van der Waals surface area contributed by atoms with Gasteiger partial charge in [0, 0.05) is 25.2 Å². The first kappa shape index (κ1) is 25.4. The summed E-state index contributed by atoms with van der Waals surface area (Å²) in [5.41, 5.74) is 1.79. The molecule has 0 spiro atoms. The second kappa shape index (κ2) is 10.8. The maximum atomic E-state index is 13.0. The van der Waals surface area contributed by atoms with Gasteiger partial charge in [0.25, 0.3) is 0 Å². The number of nitrogens with one attached hydrogen (secondary N) is 1. The van der Waals surface area contributed by atoms with E-state index in [4.69, 9.17) is 18.9 Å². The quantitative estimate of drug-likeness (QED) is 0.576. The van der Waals surface area contributed by atoms with Crippen LogP contribution in [0.4, 0.5) is 0 Å². The zero-order valence-electron chi connectivity index (χ0n) is 20.0. The molecule has 1 heterocycles. The summed E-state index contributed by atoms with van der Waals surface area (Å²) in [5.74, 6) is 2.08. The second-order valence-electron chi connectivity index (χ2n) is 7.69. The van der Waals surface area contributed by atoms with E-state index in [9.17, 15) is 13.2 Å². The first-order valence-electron chi connectivity index (χ1n) is 10.7. The number of carbonyl (C=O) groups excluding carboxylic acids is 1. The van der Waals surface area contributed by atoms with Crippen molar-refractivity contribution in [2.24, 2.45) is 0 Å². The average molecular weight is 491 g/mol. The first-order valence-corrected chi connectivity index (χ1v) is 12.2. The summed E-state index contributed by atoms with van der Waals surface area (Å²) in [4.78, 5) is 14.6. The third kappa shape index (κ3) is 5.45. The van der Waals surface area contributed by atoms with Gasteiger partial charge in [-0.2, -0.15) is 4.72 Å². The van der Waals surface area contributed by atoms with E-state index in [0.29, 0.717) is 42.5 Å². The summed E-state index contributed by atoms with van der Waals surface area (Å²) >= 11 is 0. The molecule has 0 radical (unpaired) electrons. The van der Waals surface area contributed by atoms with Gasteiger partial charge in [-0.1, -0.05) is 6.08 Å². The Morgan fingerprint density at radius 2 is 1.53 bits per heavy atom. The third-order valence-electron chi connectivity index (χ3n) is 5.63. The predicted octanol–water partition coefficient (Wildman–Crippen LogP) is 2.70. The molecule has 0 bridgehead atoms. The van der Waals surface area contributed by atoms with Crippen molar-refractivity contribution in [1.82, 2.24) is 9.62 Å². The molecule has 1 atom stereocenters. The number of hydrogen-bond acceptors (Lipinski definition) is 7. The van der Waals surface area contributed by atoms with Crippen LogP contribution in [0.3, 0.4) is 0 Å². The van der Waals surface area contributed by atoms with Gasteiger partial charge in [-0.25, -0.2) is 8.42 Å². The van der Waals surface area contributed by atoms with E-state index in [1.165, 1.54) is 26.2 Å². The number of benzene rings is 2. The number of sulfonamides is 1. The lowest BCUT2D eigenvalue weighted by Crippen LogP contribution is -2.48. The van der Waals surface area contributed by atoms with Crippen LogP contribution in [-0.4, -0.2) is 66.8 Å². The van der Waals surface area contributed by atoms with Crippen molar-refractivity contribution in [3.05, 3.63) is 48.0 Å². The van der Waals surface area contributed by atoms with Gasteiger partial charge in [-0.05, 0) is 43.2 Å². The second-order valence-corrected chi connectivity index (χ2v) is 9.40. The van der Waals surface area contributed by atoms with Gasteiger partial charge in [0.05, 0.1) is 44.9 Å². The number of rotatable bonds is 9. The Balaban J connectivity index is 1.73. The van der Waals surface area contributed by atoms with Gasteiger partial charge in [0.15, 0.2) is 0 Å². The molecule has 10 heteroatoms. The first-order chi connectivity index (χ1) is 16.2. The van der Waals surface area contributed by atoms with Gasteiger partial charge >= 0.3 is 0 Å². The smallest absolute Gasteiger partial charge is 0.241 e. The topological polar surface area (TPSA) is 103 Å². The minimum Gasteiger partial charge on any atom is -0.497 e. The Morgan fingerprint density at radius 3 is 2.00 bits per heavy atom. The van der Waals surface area contributed by atoms with Gasteiger partial charge in [-0.3, -0.25) is 4.79 Å². The highest BCUT2D eigenvalue weighted by molar-refractivity contribution is 7.89. The Hall–Kier alpha value is -3.24. The van der Waals surface area contributed by atoms with E-state index in [0.717, 1.165) is 11.1 Å². The van der Waals surface area contributed by atoms with Crippen LogP contribution in [0.15, 0.2) is 47.4 Å². The Kier molecular flexibility index (Phi) is 8.06. The predicted molar refractivity (Wildman–Crippen MR) is 128 cm³/mol. The number of carbonyl (C=O) groups is 1. The fraction of sp³-hybridized carbons (Fsp3) is 0.375. The van der Waals surface area contributed by atoms with E-state index in [-0.39, 0.29) is 10.8 Å². The van der Waals surface area contributed by atoms with Gasteiger partial charge in [0.2, 0.25) is 15.9 Å². The molecule has 2 aromatic carbocycles. The monoisotopic (exact) mass is 490 g/mol. The molecule has 0 aliphatic carbocycles. The van der Waals surface area contributed by atoms with Crippen molar-refractivity contribution in [3.63, 3.8) is 0 Å². The highest BCUT2D eigenvalue weighted by Gasteiger charge is 2.28. The molecule has 1 aliphatic rings. The van der Waals surface area contributed by atoms with E-state index >= 15 is 0 Å². The van der Waals surface area contributed by atoms with E-state index < -0.39 is 16.1 Å². The lowest BCUT2D eigenvalue weighted by molar-refractivity contribution is -0.132. The summed E-state index contributed by atoms with van der Waals surface area (Å²) in [7, 11) is 2.37. The summed E-state index contributed by atoms with van der Waals surface area (Å²) in [6, 6.07) is 8.62. The molecule has 2 aromatic rings. The molecule has 0 aromatic heterocycles. The molecule has 34 heavy (non-hydrogen) atoms. The van der Waals surface area contributed by atoms with Crippen molar-refractivity contribution >= 4 is 21.5 Å². The molecular weight excluding hydrogens is 460 g/mol. The zero-order valence-corrected chi connectivity index (χ0v) is 20.8. The van der Waals surface area contributed by atoms with Crippen LogP contribution >= 0.6 is 0 Å². The molecule has 1 N–H and O–H groups in total. The SMILES string of the molecule is COc1ccc(S(=O)(=O)N[C@H](C)C(=O)N2CC=C(c3c(OC)cc(OC)cc3OC)CC2)cc1. The van der Waals surface area contributed by atoms with Crippen molar-refractivity contribution in [1.29, 1.82) is 0 Å². The van der Waals surface area contributed by atoms with E-state index in [2.05, 4.69) is 4.72 Å². The fourth-order valence-corrected chi connectivity index (χ4v) is 5.00. The molecule has 1 aliphatic heterocycles. The lowest BCUT2D eigenvalue weighted by Gasteiger charge is -2.30. The van der Waals surface area contributed by atoms with Gasteiger partial charge < -0.3 is 23.8 Å². The van der Waals surface area contributed by atoms with E-state index in [1.54, 1.807) is 50.5 Å². The maximum Gasteiger partial charge on any atom is 0.241 e. The largest absolute Gasteiger partial charge is 0.497 e. The van der Waals surface area contributed by atoms with Crippen molar-refractivity contribution in [2.45, 2.75) is 24.3 Å². The van der Waals surface area contributed by atoms with Crippen LogP contribution in [0.2, 0.25) is 0 Å². The number of amides is 1. The standard InChI is InChI=1S/C24H30N2O7S/c1-16(25-34(28,29)20-8-6-18(30-2)7-9-20)24(27)26-12-10-17(11-13-26)23-21(32-4)14-19(31-3)15-22(23)33-5/h6-10,14-16,25H,11-13H2,1-5H3/t16-/m1/s1. The molecule has 0 saturated carbocycles. The Labute approximate surface area is 200 Å². The molecule has 0 fully saturated rings. The van der Waals surface area contributed by atoms with Crippen LogP contribution in [0.25, 0.3) is 5.57 Å². The summed E-state index contributed by atoms with van der Waals surface area (Å²) in [5, 5.41) is 0. The fourth-order valence-electron chi connectivity index (χ4n) is 3.80. The molecular formula is C24H30N2O7S. The number of methoxy groups -OCH3 is 4. The maximum absolute atomic E-state index is 13.0. The summed E-state index contributed by atoms with van der Waals surface area (Å²) < 4.78 is 49.3. The van der Waals surface area contributed by atoms with Crippen molar-refractivity contribution in [3.8, 4) is 23.0 Å². The van der Waals surface area contributed by atoms with Crippen molar-refractivity contribution < 1.29 is 32.2 Å². The van der Waals surface area contributed by atoms with Crippen LogP contribution in [-0.2, 0) is 14.8 Å². The molecule has 3 rings (SSSR count). The molecule has 1 amide bonds. The van der Waals surface area contributed by atoms with Crippen LogP contribution in [0.5, 0.6) is 23.0 Å². The molecule has 0 saturated heterocycles. The number of hydrogen-bond donors (Lipinski definition) is 1. The lowest BCUT2D eigenvalue weighted by atomic mass is 9.97. The minimum atomic E-state index is -3.86. The van der Waals surface area contributed by atoms with Crippen LogP contribution in [0.1, 0.15) is 18.9 Å². The Bertz CT molecular complexity index is 1140. The molecule has 9 nitrogen and oxygen atoms in total. The number of ether oxygens (including phenoxy) is 4. The molecule has 0 unspecified atom stereocenters. The molecule has 184 valence electrons.